The van der Waals surface area contributed by atoms with Gasteiger partial charge in [-0.2, -0.15) is 13.2 Å². The van der Waals surface area contributed by atoms with Crippen LogP contribution in [-0.2, 0) is 13.1 Å². The predicted octanol–water partition coefficient (Wildman–Crippen LogP) is 5.45. The Morgan fingerprint density at radius 1 is 1.10 bits per heavy atom. The highest BCUT2D eigenvalue weighted by molar-refractivity contribution is 5.25. The van der Waals surface area contributed by atoms with E-state index in [-0.39, 0.29) is 6.42 Å². The second-order valence-corrected chi connectivity index (χ2v) is 8.46. The van der Waals surface area contributed by atoms with Crippen molar-refractivity contribution in [1.29, 1.82) is 0 Å². The summed E-state index contributed by atoms with van der Waals surface area (Å²) in [5.74, 6) is 0.528. The number of hydrogen-bond donors (Lipinski definition) is 0. The highest BCUT2D eigenvalue weighted by Crippen LogP contribution is 2.24. The van der Waals surface area contributed by atoms with E-state index in [0.29, 0.717) is 19.0 Å². The van der Waals surface area contributed by atoms with E-state index < -0.39 is 12.6 Å². The van der Waals surface area contributed by atoms with Crippen LogP contribution < -0.4 is 0 Å². The van der Waals surface area contributed by atoms with Crippen LogP contribution in [0.15, 0.2) is 48.8 Å². The van der Waals surface area contributed by atoms with Gasteiger partial charge >= 0.3 is 6.18 Å². The van der Waals surface area contributed by atoms with E-state index >= 15 is 0 Å². The molecule has 0 atom stereocenters. The van der Waals surface area contributed by atoms with Crippen molar-refractivity contribution in [1.82, 2.24) is 14.8 Å². The molecule has 0 amide bonds. The smallest absolute Gasteiger partial charge is 0.299 e. The summed E-state index contributed by atoms with van der Waals surface area (Å²) in [6.07, 6.45) is 1.06. The van der Waals surface area contributed by atoms with Crippen LogP contribution in [0.3, 0.4) is 0 Å². The third kappa shape index (κ3) is 7.73. The van der Waals surface area contributed by atoms with Crippen LogP contribution in [0.25, 0.3) is 0 Å². The van der Waals surface area contributed by atoms with Gasteiger partial charge in [0, 0.05) is 38.4 Å². The van der Waals surface area contributed by atoms with Crippen molar-refractivity contribution in [3.05, 3.63) is 65.5 Å². The van der Waals surface area contributed by atoms with E-state index in [1.807, 2.05) is 18.3 Å². The minimum Gasteiger partial charge on any atom is -0.299 e. The van der Waals surface area contributed by atoms with Crippen LogP contribution in [0.5, 0.6) is 0 Å². The fraction of sp³-hybridized carbons (Fsp3) is 0.542. The molecular weight excluding hydrogens is 387 g/mol. The van der Waals surface area contributed by atoms with E-state index in [0.717, 1.165) is 44.6 Å². The van der Waals surface area contributed by atoms with E-state index in [2.05, 4.69) is 46.0 Å². The summed E-state index contributed by atoms with van der Waals surface area (Å²) in [4.78, 5) is 8.83. The molecule has 3 rings (SSSR count). The van der Waals surface area contributed by atoms with Crippen molar-refractivity contribution < 1.29 is 13.2 Å². The average Bonchev–Trinajstić information content (AvgIpc) is 2.71. The summed E-state index contributed by atoms with van der Waals surface area (Å²) in [5, 5.41) is 0. The van der Waals surface area contributed by atoms with Gasteiger partial charge in [-0.25, -0.2) is 0 Å². The largest absolute Gasteiger partial charge is 0.389 e. The topological polar surface area (TPSA) is 19.4 Å². The normalized spacial score (nSPS) is 16.3. The molecule has 1 aliphatic rings. The Bertz CT molecular complexity index is 756. The molecule has 0 radical (unpaired) electrons. The molecule has 3 nitrogen and oxygen atoms in total. The second-order valence-electron chi connectivity index (χ2n) is 8.46. The first-order chi connectivity index (χ1) is 14.4. The van der Waals surface area contributed by atoms with Crippen LogP contribution >= 0.6 is 0 Å². The Morgan fingerprint density at radius 2 is 1.87 bits per heavy atom. The van der Waals surface area contributed by atoms with Crippen LogP contribution in [0, 0.1) is 12.8 Å². The van der Waals surface area contributed by atoms with Gasteiger partial charge in [-0.3, -0.25) is 14.8 Å². The summed E-state index contributed by atoms with van der Waals surface area (Å²) in [7, 11) is 0. The minimum atomic E-state index is -4.08. The molecular formula is C24H32F3N3. The van der Waals surface area contributed by atoms with Crippen molar-refractivity contribution in [3.63, 3.8) is 0 Å². The SMILES string of the molecule is Cc1ccccc1CN1CCC(CN(CCCC(F)(F)F)Cc2cccnc2)CC1. The Kier molecular flexibility index (Phi) is 8.28. The highest BCUT2D eigenvalue weighted by atomic mass is 19.4. The van der Waals surface area contributed by atoms with Crippen LogP contribution in [0.1, 0.15) is 42.4 Å². The Morgan fingerprint density at radius 3 is 2.53 bits per heavy atom. The maximum atomic E-state index is 12.6. The summed E-state index contributed by atoms with van der Waals surface area (Å²) in [6.45, 7) is 7.20. The third-order valence-electron chi connectivity index (χ3n) is 5.94. The number of benzene rings is 1. The molecule has 0 bridgehead atoms. The zero-order valence-electron chi connectivity index (χ0n) is 17.7. The van der Waals surface area contributed by atoms with E-state index in [9.17, 15) is 13.2 Å². The van der Waals surface area contributed by atoms with Crippen LogP contribution in [0.2, 0.25) is 0 Å². The van der Waals surface area contributed by atoms with E-state index in [4.69, 9.17) is 0 Å². The molecule has 0 unspecified atom stereocenters. The molecule has 30 heavy (non-hydrogen) atoms. The lowest BCUT2D eigenvalue weighted by Crippen LogP contribution is -2.38. The van der Waals surface area contributed by atoms with Crippen LogP contribution in [-0.4, -0.2) is 47.1 Å². The zero-order valence-corrected chi connectivity index (χ0v) is 17.7. The molecule has 1 aliphatic heterocycles. The number of halogens is 3. The first-order valence-corrected chi connectivity index (χ1v) is 10.8. The van der Waals surface area contributed by atoms with Crippen LogP contribution in [0.4, 0.5) is 13.2 Å². The van der Waals surface area contributed by atoms with Gasteiger partial charge in [0.2, 0.25) is 0 Å². The quantitative estimate of drug-likeness (QED) is 0.539. The minimum absolute atomic E-state index is 0.149. The Hall–Kier alpha value is -1.92. The van der Waals surface area contributed by atoms with Crippen molar-refractivity contribution >= 4 is 0 Å². The number of aryl methyl sites for hydroxylation is 1. The maximum absolute atomic E-state index is 12.6. The molecule has 0 saturated carbocycles. The molecule has 2 aromatic rings. The molecule has 1 aromatic carbocycles. The fourth-order valence-corrected chi connectivity index (χ4v) is 4.21. The average molecular weight is 420 g/mol. The number of pyridine rings is 1. The number of piperidine rings is 1. The molecule has 1 saturated heterocycles. The van der Waals surface area contributed by atoms with Gasteiger partial charge in [-0.15, -0.1) is 0 Å². The van der Waals surface area contributed by atoms with E-state index in [1.54, 1.807) is 6.20 Å². The van der Waals surface area contributed by atoms with E-state index in [1.165, 1.54) is 11.1 Å². The predicted molar refractivity (Wildman–Crippen MR) is 114 cm³/mol. The molecule has 6 heteroatoms. The summed E-state index contributed by atoms with van der Waals surface area (Å²) >= 11 is 0. The van der Waals surface area contributed by atoms with Crippen molar-refractivity contribution in [3.8, 4) is 0 Å². The lowest BCUT2D eigenvalue weighted by Gasteiger charge is -2.35. The van der Waals surface area contributed by atoms with Gasteiger partial charge in [-0.1, -0.05) is 30.3 Å². The fourth-order valence-electron chi connectivity index (χ4n) is 4.21. The summed E-state index contributed by atoms with van der Waals surface area (Å²) in [6, 6.07) is 12.4. The number of alkyl halides is 3. The molecule has 0 aliphatic carbocycles. The van der Waals surface area contributed by atoms with Gasteiger partial charge < -0.3 is 0 Å². The standard InChI is InChI=1S/C24H32F3N3/c1-20-6-2-3-8-23(20)19-29-14-9-21(10-15-29)17-30(13-5-11-24(25,26)27)18-22-7-4-12-28-16-22/h2-4,6-8,12,16,21H,5,9-11,13-15,17-19H2,1H3. The van der Waals surface area contributed by atoms with Gasteiger partial charge in [0.1, 0.15) is 0 Å². The van der Waals surface area contributed by atoms with Gasteiger partial charge in [0.25, 0.3) is 0 Å². The number of aromatic nitrogens is 1. The molecule has 1 aromatic heterocycles. The zero-order chi connectivity index (χ0) is 21.4. The van der Waals surface area contributed by atoms with Gasteiger partial charge in [0.05, 0.1) is 0 Å². The number of rotatable bonds is 9. The third-order valence-corrected chi connectivity index (χ3v) is 5.94. The first-order valence-electron chi connectivity index (χ1n) is 10.8. The Labute approximate surface area is 177 Å². The molecule has 164 valence electrons. The molecule has 1 fully saturated rings. The first kappa shape index (κ1) is 22.8. The maximum Gasteiger partial charge on any atom is 0.389 e. The molecule has 2 heterocycles. The number of likely N-dealkylation sites (tertiary alicyclic amines) is 1. The second kappa shape index (κ2) is 10.9. The number of hydrogen-bond acceptors (Lipinski definition) is 3. The van der Waals surface area contributed by atoms with Crippen molar-refractivity contribution in [2.75, 3.05) is 26.2 Å². The lowest BCUT2D eigenvalue weighted by atomic mass is 9.95. The highest BCUT2D eigenvalue weighted by Gasteiger charge is 2.27. The molecule has 0 spiro atoms. The molecule has 0 N–H and O–H groups in total. The van der Waals surface area contributed by atoms with Gasteiger partial charge in [0.15, 0.2) is 0 Å². The Balaban J connectivity index is 1.50. The van der Waals surface area contributed by atoms with Gasteiger partial charge in [-0.05, 0) is 74.5 Å². The van der Waals surface area contributed by atoms with Crippen molar-refractivity contribution in [2.45, 2.75) is 51.9 Å². The van der Waals surface area contributed by atoms with Crippen molar-refractivity contribution in [2.24, 2.45) is 5.92 Å². The monoisotopic (exact) mass is 419 g/mol. The summed E-state index contributed by atoms with van der Waals surface area (Å²) < 4.78 is 37.8. The number of nitrogens with zero attached hydrogens (tertiary/aromatic N) is 3. The lowest BCUT2D eigenvalue weighted by molar-refractivity contribution is -0.136. The summed E-state index contributed by atoms with van der Waals surface area (Å²) in [5.41, 5.74) is 3.76.